The maximum absolute atomic E-state index is 12.4. The highest BCUT2D eigenvalue weighted by molar-refractivity contribution is 5.81. The second-order valence-electron chi connectivity index (χ2n) is 7.18. The van der Waals surface area contributed by atoms with Gasteiger partial charge in [0.15, 0.2) is 11.5 Å². The SMILES string of the molecule is COc1ccc(-c2noc(CN3CCN(C(=O)[C@H]4CCCO4)CC3)n2)cc1OC. The molecule has 9 heteroatoms. The average molecular weight is 402 g/mol. The van der Waals surface area contributed by atoms with Gasteiger partial charge in [-0.2, -0.15) is 4.98 Å². The molecule has 156 valence electrons. The standard InChI is InChI=1S/C20H26N4O5/c1-26-15-6-5-14(12-17(15)27-2)19-21-18(29-22-19)13-23-7-9-24(10-8-23)20(25)16-4-3-11-28-16/h5-6,12,16H,3-4,7-11,13H2,1-2H3/t16-/m1/s1. The van der Waals surface area contributed by atoms with E-state index in [1.54, 1.807) is 14.2 Å². The van der Waals surface area contributed by atoms with Crippen molar-refractivity contribution in [1.29, 1.82) is 0 Å². The van der Waals surface area contributed by atoms with E-state index in [4.69, 9.17) is 18.7 Å². The first-order valence-electron chi connectivity index (χ1n) is 9.85. The molecule has 1 amide bonds. The van der Waals surface area contributed by atoms with Crippen molar-refractivity contribution in [2.24, 2.45) is 0 Å². The summed E-state index contributed by atoms with van der Waals surface area (Å²) in [5.74, 6) is 2.44. The van der Waals surface area contributed by atoms with E-state index in [9.17, 15) is 4.79 Å². The summed E-state index contributed by atoms with van der Waals surface area (Å²) in [6, 6.07) is 5.50. The molecule has 3 heterocycles. The Morgan fingerprint density at radius 3 is 2.66 bits per heavy atom. The topological polar surface area (TPSA) is 90.2 Å². The molecular weight excluding hydrogens is 376 g/mol. The fourth-order valence-electron chi connectivity index (χ4n) is 3.71. The number of aromatic nitrogens is 2. The second-order valence-corrected chi connectivity index (χ2v) is 7.18. The molecule has 29 heavy (non-hydrogen) atoms. The van der Waals surface area contributed by atoms with E-state index < -0.39 is 0 Å². The third kappa shape index (κ3) is 4.35. The van der Waals surface area contributed by atoms with E-state index in [-0.39, 0.29) is 12.0 Å². The van der Waals surface area contributed by atoms with Crippen molar-refractivity contribution in [3.8, 4) is 22.9 Å². The molecule has 9 nitrogen and oxygen atoms in total. The lowest BCUT2D eigenvalue weighted by Crippen LogP contribution is -2.51. The van der Waals surface area contributed by atoms with Crippen LogP contribution in [0.2, 0.25) is 0 Å². The monoisotopic (exact) mass is 402 g/mol. The molecule has 0 saturated carbocycles. The van der Waals surface area contributed by atoms with Gasteiger partial charge in [0.05, 0.1) is 20.8 Å². The maximum atomic E-state index is 12.4. The summed E-state index contributed by atoms with van der Waals surface area (Å²) in [6.07, 6.45) is 1.55. The number of methoxy groups -OCH3 is 2. The van der Waals surface area contributed by atoms with Gasteiger partial charge in [-0.15, -0.1) is 0 Å². The average Bonchev–Trinajstić information content (AvgIpc) is 3.46. The fourth-order valence-corrected chi connectivity index (χ4v) is 3.71. The third-order valence-electron chi connectivity index (χ3n) is 5.36. The Labute approximate surface area is 169 Å². The Hall–Kier alpha value is -2.65. The highest BCUT2D eigenvalue weighted by Crippen LogP contribution is 2.31. The number of carbonyl (C=O) groups is 1. The summed E-state index contributed by atoms with van der Waals surface area (Å²) in [5.41, 5.74) is 0.796. The van der Waals surface area contributed by atoms with Crippen LogP contribution < -0.4 is 9.47 Å². The number of rotatable bonds is 6. The molecule has 0 unspecified atom stereocenters. The number of amides is 1. The van der Waals surface area contributed by atoms with Crippen LogP contribution in [-0.2, 0) is 16.1 Å². The van der Waals surface area contributed by atoms with Gasteiger partial charge in [-0.1, -0.05) is 5.16 Å². The predicted octanol–water partition coefficient (Wildman–Crippen LogP) is 1.58. The minimum absolute atomic E-state index is 0.121. The van der Waals surface area contributed by atoms with E-state index in [1.807, 2.05) is 23.1 Å². The zero-order chi connectivity index (χ0) is 20.2. The predicted molar refractivity (Wildman–Crippen MR) is 104 cm³/mol. The molecule has 0 bridgehead atoms. The zero-order valence-corrected chi connectivity index (χ0v) is 16.8. The van der Waals surface area contributed by atoms with Crippen LogP contribution >= 0.6 is 0 Å². The van der Waals surface area contributed by atoms with Crippen molar-refractivity contribution in [3.05, 3.63) is 24.1 Å². The molecule has 2 fully saturated rings. The lowest BCUT2D eigenvalue weighted by atomic mass is 10.2. The van der Waals surface area contributed by atoms with Gasteiger partial charge < -0.3 is 23.6 Å². The molecule has 2 aromatic rings. The van der Waals surface area contributed by atoms with Gasteiger partial charge in [-0.3, -0.25) is 9.69 Å². The summed E-state index contributed by atoms with van der Waals surface area (Å²) in [4.78, 5) is 21.1. The van der Waals surface area contributed by atoms with Crippen LogP contribution in [0.5, 0.6) is 11.5 Å². The number of hydrogen-bond acceptors (Lipinski definition) is 8. The molecule has 0 aliphatic carbocycles. The smallest absolute Gasteiger partial charge is 0.251 e. The molecule has 4 rings (SSSR count). The highest BCUT2D eigenvalue weighted by Gasteiger charge is 2.30. The largest absolute Gasteiger partial charge is 0.493 e. The number of ether oxygens (including phenoxy) is 3. The van der Waals surface area contributed by atoms with Gasteiger partial charge in [0.1, 0.15) is 6.10 Å². The number of benzene rings is 1. The summed E-state index contributed by atoms with van der Waals surface area (Å²) in [6.45, 7) is 4.17. The van der Waals surface area contributed by atoms with Crippen LogP contribution in [0.1, 0.15) is 18.7 Å². The molecule has 2 aliphatic rings. The molecule has 1 aromatic carbocycles. The molecule has 1 aromatic heterocycles. The zero-order valence-electron chi connectivity index (χ0n) is 16.8. The Bertz CT molecular complexity index is 841. The molecule has 2 aliphatic heterocycles. The Balaban J connectivity index is 1.33. The van der Waals surface area contributed by atoms with Crippen LogP contribution in [-0.4, -0.2) is 79.0 Å². The first kappa shape index (κ1) is 19.7. The van der Waals surface area contributed by atoms with Crippen molar-refractivity contribution in [2.45, 2.75) is 25.5 Å². The molecular formula is C20H26N4O5. The second kappa shape index (κ2) is 8.79. The molecule has 1 atom stereocenters. The van der Waals surface area contributed by atoms with Crippen LogP contribution in [0.25, 0.3) is 11.4 Å². The quantitative estimate of drug-likeness (QED) is 0.719. The van der Waals surface area contributed by atoms with Gasteiger partial charge in [0, 0.05) is 38.3 Å². The molecule has 0 radical (unpaired) electrons. The Morgan fingerprint density at radius 2 is 1.97 bits per heavy atom. The summed E-state index contributed by atoms with van der Waals surface area (Å²) < 4.78 is 21.5. The van der Waals surface area contributed by atoms with Crippen molar-refractivity contribution in [1.82, 2.24) is 19.9 Å². The van der Waals surface area contributed by atoms with Gasteiger partial charge in [0.25, 0.3) is 5.91 Å². The van der Waals surface area contributed by atoms with E-state index in [0.29, 0.717) is 49.5 Å². The first-order valence-corrected chi connectivity index (χ1v) is 9.85. The normalized spacial score (nSPS) is 20.1. The van der Waals surface area contributed by atoms with Crippen LogP contribution in [0, 0.1) is 0 Å². The Morgan fingerprint density at radius 1 is 1.17 bits per heavy atom. The molecule has 2 saturated heterocycles. The summed E-state index contributed by atoms with van der Waals surface area (Å²) in [5, 5.41) is 4.09. The van der Waals surface area contributed by atoms with Crippen molar-refractivity contribution < 1.29 is 23.5 Å². The van der Waals surface area contributed by atoms with E-state index in [1.165, 1.54) is 0 Å². The van der Waals surface area contributed by atoms with Crippen molar-refractivity contribution in [2.75, 3.05) is 47.0 Å². The number of piperazine rings is 1. The first-order chi connectivity index (χ1) is 14.2. The van der Waals surface area contributed by atoms with Crippen LogP contribution in [0.15, 0.2) is 22.7 Å². The highest BCUT2D eigenvalue weighted by atomic mass is 16.5. The molecule has 0 N–H and O–H groups in total. The third-order valence-corrected chi connectivity index (χ3v) is 5.36. The minimum Gasteiger partial charge on any atom is -0.493 e. The fraction of sp³-hybridized carbons (Fsp3) is 0.550. The maximum Gasteiger partial charge on any atom is 0.251 e. The lowest BCUT2D eigenvalue weighted by Gasteiger charge is -2.35. The van der Waals surface area contributed by atoms with Crippen LogP contribution in [0.4, 0.5) is 0 Å². The van der Waals surface area contributed by atoms with E-state index >= 15 is 0 Å². The number of carbonyl (C=O) groups excluding carboxylic acids is 1. The van der Waals surface area contributed by atoms with Gasteiger partial charge in [-0.05, 0) is 31.0 Å². The van der Waals surface area contributed by atoms with Crippen LogP contribution in [0.3, 0.4) is 0 Å². The van der Waals surface area contributed by atoms with Gasteiger partial charge in [-0.25, -0.2) is 0 Å². The van der Waals surface area contributed by atoms with E-state index in [2.05, 4.69) is 15.0 Å². The molecule has 0 spiro atoms. The van der Waals surface area contributed by atoms with E-state index in [0.717, 1.165) is 31.5 Å². The Kier molecular flexibility index (Phi) is 5.96. The van der Waals surface area contributed by atoms with Crippen molar-refractivity contribution >= 4 is 5.91 Å². The summed E-state index contributed by atoms with van der Waals surface area (Å²) >= 11 is 0. The lowest BCUT2D eigenvalue weighted by molar-refractivity contribution is -0.142. The van der Waals surface area contributed by atoms with Gasteiger partial charge >= 0.3 is 0 Å². The minimum atomic E-state index is -0.249. The number of hydrogen-bond donors (Lipinski definition) is 0. The summed E-state index contributed by atoms with van der Waals surface area (Å²) in [7, 11) is 3.19. The van der Waals surface area contributed by atoms with Gasteiger partial charge in [0.2, 0.25) is 11.7 Å². The van der Waals surface area contributed by atoms with Crippen molar-refractivity contribution in [3.63, 3.8) is 0 Å². The number of nitrogens with zero attached hydrogens (tertiary/aromatic N) is 4.